The van der Waals surface area contributed by atoms with Crippen molar-refractivity contribution in [2.75, 3.05) is 0 Å². The summed E-state index contributed by atoms with van der Waals surface area (Å²) >= 11 is 0. The summed E-state index contributed by atoms with van der Waals surface area (Å²) in [6, 6.07) is 7.15. The van der Waals surface area contributed by atoms with E-state index in [0.29, 0.717) is 16.0 Å². The minimum absolute atomic E-state index is 0.00392. The molecule has 0 aliphatic heterocycles. The second-order valence-electron chi connectivity index (χ2n) is 5.83. The van der Waals surface area contributed by atoms with E-state index in [9.17, 15) is 25.4 Å². The van der Waals surface area contributed by atoms with E-state index in [0.717, 1.165) is 12.3 Å². The van der Waals surface area contributed by atoms with E-state index in [-0.39, 0.29) is 34.0 Å². The van der Waals surface area contributed by atoms with Crippen LogP contribution in [-0.4, -0.2) is 19.8 Å². The maximum Gasteiger partial charge on any atom is 0.285 e. The molecule has 3 rings (SSSR count). The van der Waals surface area contributed by atoms with Gasteiger partial charge in [-0.2, -0.15) is 4.73 Å². The first-order valence-corrected chi connectivity index (χ1v) is 7.75. The van der Waals surface area contributed by atoms with Crippen molar-refractivity contribution >= 4 is 11.4 Å². The average molecular weight is 367 g/mol. The van der Waals surface area contributed by atoms with Gasteiger partial charge in [0.1, 0.15) is 5.69 Å². The van der Waals surface area contributed by atoms with Crippen molar-refractivity contribution in [3.8, 4) is 22.8 Å². The molecule has 0 atom stereocenters. The van der Waals surface area contributed by atoms with Gasteiger partial charge < -0.3 is 5.21 Å². The van der Waals surface area contributed by atoms with Crippen LogP contribution in [-0.2, 0) is 0 Å². The first-order valence-electron chi connectivity index (χ1n) is 7.75. The van der Waals surface area contributed by atoms with Gasteiger partial charge in [-0.3, -0.25) is 25.2 Å². The third-order valence-electron chi connectivity index (χ3n) is 3.97. The number of nitrogens with zero attached hydrogens (tertiary/aromatic N) is 5. The monoisotopic (exact) mass is 367 g/mol. The molecular weight excluding hydrogens is 354 g/mol. The summed E-state index contributed by atoms with van der Waals surface area (Å²) in [5, 5.41) is 34.5. The summed E-state index contributed by atoms with van der Waals surface area (Å²) < 4.78 is 0.499. The van der Waals surface area contributed by atoms with Crippen LogP contribution in [0, 0.1) is 39.3 Å². The van der Waals surface area contributed by atoms with Crippen LogP contribution in [0.5, 0.6) is 0 Å². The predicted molar refractivity (Wildman–Crippen MR) is 94.6 cm³/mol. The van der Waals surface area contributed by atoms with E-state index in [1.807, 2.05) is 0 Å². The fourth-order valence-electron chi connectivity index (χ4n) is 2.57. The molecular formula is C17H13N5O5. The van der Waals surface area contributed by atoms with Gasteiger partial charge in [0, 0.05) is 17.8 Å². The average Bonchev–Trinajstić information content (AvgIpc) is 2.61. The molecule has 0 N–H and O–H groups in total. The van der Waals surface area contributed by atoms with Crippen molar-refractivity contribution in [3.05, 3.63) is 79.3 Å². The highest BCUT2D eigenvalue weighted by atomic mass is 16.6. The molecule has 0 aliphatic rings. The van der Waals surface area contributed by atoms with Crippen LogP contribution in [0.1, 0.15) is 11.1 Å². The smallest absolute Gasteiger partial charge is 0.285 e. The van der Waals surface area contributed by atoms with E-state index < -0.39 is 9.85 Å². The second kappa shape index (κ2) is 6.75. The molecule has 136 valence electrons. The molecule has 0 bridgehead atoms. The van der Waals surface area contributed by atoms with Gasteiger partial charge in [0.2, 0.25) is 5.69 Å². The van der Waals surface area contributed by atoms with E-state index in [1.54, 1.807) is 19.1 Å². The number of aromatic nitrogens is 3. The fraction of sp³-hybridized carbons (Fsp3) is 0.118. The van der Waals surface area contributed by atoms with Crippen molar-refractivity contribution in [3.63, 3.8) is 0 Å². The lowest BCUT2D eigenvalue weighted by atomic mass is 10.1. The lowest BCUT2D eigenvalue weighted by molar-refractivity contribution is -0.595. The summed E-state index contributed by atoms with van der Waals surface area (Å²) in [7, 11) is 0. The molecule has 3 aromatic heterocycles. The Hall–Kier alpha value is -3.95. The molecule has 0 amide bonds. The number of pyridine rings is 3. The van der Waals surface area contributed by atoms with Crippen LogP contribution in [0.3, 0.4) is 0 Å². The SMILES string of the molecule is Cc1cnc(-c2cccc(-c3cc([N+](=O)[O-])c(C)c[n+]3[O-])n2)cc1[N+](=O)[O-]. The maximum absolute atomic E-state index is 12.2. The Balaban J connectivity index is 2.13. The highest BCUT2D eigenvalue weighted by Crippen LogP contribution is 2.26. The normalized spacial score (nSPS) is 10.6. The Kier molecular flexibility index (Phi) is 4.46. The van der Waals surface area contributed by atoms with Crippen molar-refractivity contribution in [2.45, 2.75) is 13.8 Å². The fourth-order valence-corrected chi connectivity index (χ4v) is 2.57. The molecule has 0 radical (unpaired) electrons. The largest absolute Gasteiger partial charge is 0.618 e. The topological polar surface area (TPSA) is 139 Å². The van der Waals surface area contributed by atoms with E-state index >= 15 is 0 Å². The van der Waals surface area contributed by atoms with Gasteiger partial charge in [-0.25, -0.2) is 4.98 Å². The quantitative estimate of drug-likeness (QED) is 0.299. The number of hydrogen-bond acceptors (Lipinski definition) is 7. The first kappa shape index (κ1) is 17.9. The van der Waals surface area contributed by atoms with Crippen LogP contribution in [0.2, 0.25) is 0 Å². The summed E-state index contributed by atoms with van der Waals surface area (Å²) in [6.07, 6.45) is 2.48. The van der Waals surface area contributed by atoms with Gasteiger partial charge in [0.25, 0.3) is 11.4 Å². The van der Waals surface area contributed by atoms with Crippen molar-refractivity contribution in [1.82, 2.24) is 9.97 Å². The Morgan fingerprint density at radius 2 is 1.56 bits per heavy atom. The highest BCUT2D eigenvalue weighted by molar-refractivity contribution is 5.64. The van der Waals surface area contributed by atoms with Crippen LogP contribution in [0.25, 0.3) is 22.8 Å². The molecule has 0 fully saturated rings. The zero-order valence-electron chi connectivity index (χ0n) is 14.3. The lowest BCUT2D eigenvalue weighted by Gasteiger charge is -2.07. The van der Waals surface area contributed by atoms with E-state index in [2.05, 4.69) is 9.97 Å². The van der Waals surface area contributed by atoms with Gasteiger partial charge in [-0.1, -0.05) is 6.07 Å². The van der Waals surface area contributed by atoms with Gasteiger partial charge >= 0.3 is 0 Å². The molecule has 27 heavy (non-hydrogen) atoms. The zero-order valence-corrected chi connectivity index (χ0v) is 14.3. The molecule has 10 heteroatoms. The minimum atomic E-state index is -0.576. The number of aryl methyl sites for hydroxylation is 2. The Morgan fingerprint density at radius 1 is 0.926 bits per heavy atom. The molecule has 0 saturated carbocycles. The number of rotatable bonds is 4. The standard InChI is InChI=1S/C17H13N5O5/c1-10-8-18-14(6-15(10)21(24)25)12-4-3-5-13(19-12)17-7-16(22(26)27)11(2)9-20(17)23/h3-9H,1-2H3. The summed E-state index contributed by atoms with van der Waals surface area (Å²) in [5.74, 6) is 0. The van der Waals surface area contributed by atoms with Crippen LogP contribution >= 0.6 is 0 Å². The summed E-state index contributed by atoms with van der Waals surface area (Å²) in [6.45, 7) is 3.04. The van der Waals surface area contributed by atoms with Gasteiger partial charge in [-0.15, -0.1) is 0 Å². The molecule has 0 aliphatic carbocycles. The Bertz CT molecular complexity index is 1080. The molecule has 0 unspecified atom stereocenters. The van der Waals surface area contributed by atoms with E-state index in [1.165, 1.54) is 25.3 Å². The number of hydrogen-bond donors (Lipinski definition) is 0. The van der Waals surface area contributed by atoms with Crippen molar-refractivity contribution < 1.29 is 14.6 Å². The van der Waals surface area contributed by atoms with Gasteiger partial charge in [0.05, 0.1) is 32.9 Å². The third kappa shape index (κ3) is 3.40. The third-order valence-corrected chi connectivity index (χ3v) is 3.97. The van der Waals surface area contributed by atoms with Gasteiger partial charge in [0.15, 0.2) is 6.20 Å². The van der Waals surface area contributed by atoms with Crippen LogP contribution in [0.4, 0.5) is 11.4 Å². The highest BCUT2D eigenvalue weighted by Gasteiger charge is 2.21. The first-order chi connectivity index (χ1) is 12.8. The van der Waals surface area contributed by atoms with Crippen LogP contribution < -0.4 is 4.73 Å². The van der Waals surface area contributed by atoms with Gasteiger partial charge in [-0.05, 0) is 26.0 Å². The molecule has 0 saturated heterocycles. The Labute approximate surface area is 152 Å². The summed E-state index contributed by atoms with van der Waals surface area (Å²) in [5.41, 5.74) is 1.08. The maximum atomic E-state index is 12.2. The number of nitro groups is 2. The van der Waals surface area contributed by atoms with E-state index in [4.69, 9.17) is 0 Å². The zero-order chi connectivity index (χ0) is 19.7. The van der Waals surface area contributed by atoms with Crippen molar-refractivity contribution in [2.24, 2.45) is 0 Å². The predicted octanol–water partition coefficient (Wildman–Crippen LogP) is 2.88. The molecule has 3 heterocycles. The summed E-state index contributed by atoms with van der Waals surface area (Å²) in [4.78, 5) is 29.6. The molecule has 3 aromatic rings. The van der Waals surface area contributed by atoms with Crippen LogP contribution in [0.15, 0.2) is 42.7 Å². The molecule has 0 aromatic carbocycles. The Morgan fingerprint density at radius 3 is 2.22 bits per heavy atom. The lowest BCUT2D eigenvalue weighted by Crippen LogP contribution is -2.29. The minimum Gasteiger partial charge on any atom is -0.618 e. The molecule has 10 nitrogen and oxygen atoms in total. The molecule has 0 spiro atoms. The second-order valence-corrected chi connectivity index (χ2v) is 5.83. The van der Waals surface area contributed by atoms with Crippen molar-refractivity contribution in [1.29, 1.82) is 0 Å².